The van der Waals surface area contributed by atoms with Gasteiger partial charge in [0.2, 0.25) is 0 Å². The van der Waals surface area contributed by atoms with Crippen LogP contribution in [0.15, 0.2) is 35.5 Å². The Morgan fingerprint density at radius 2 is 1.86 bits per heavy atom. The third kappa shape index (κ3) is 5.08. The van der Waals surface area contributed by atoms with Crippen LogP contribution in [0.25, 0.3) is 11.2 Å². The van der Waals surface area contributed by atoms with Gasteiger partial charge in [0.15, 0.2) is 22.1 Å². The predicted molar refractivity (Wildman–Crippen MR) is 122 cm³/mol. The molecule has 2 aliphatic rings. The molecule has 188 valence electrons. The topological polar surface area (TPSA) is 129 Å². The second-order valence-electron chi connectivity index (χ2n) is 9.01. The summed E-state index contributed by atoms with van der Waals surface area (Å²) in [5.74, 6) is -0.142. The van der Waals surface area contributed by atoms with E-state index in [4.69, 9.17) is 0 Å². The summed E-state index contributed by atoms with van der Waals surface area (Å²) in [6, 6.07) is 9.35. The Bertz CT molecular complexity index is 1180. The molecule has 35 heavy (non-hydrogen) atoms. The fourth-order valence-corrected chi connectivity index (χ4v) is 5.40. The van der Waals surface area contributed by atoms with Crippen LogP contribution in [0.3, 0.4) is 0 Å². The number of aliphatic hydroxyl groups excluding tert-OH is 3. The number of alkyl halides is 3. The zero-order valence-corrected chi connectivity index (χ0v) is 19.3. The summed E-state index contributed by atoms with van der Waals surface area (Å²) in [5, 5.41) is 42.1. The SMILES string of the molecule is OCC1CC(n2nnc3c(NC4CC4c4ccccc4)nc(SCCC(F)(F)F)nc32)C(O)C1O. The number of aliphatic hydroxyl groups is 3. The van der Waals surface area contributed by atoms with Gasteiger partial charge in [-0.15, -0.1) is 5.10 Å². The van der Waals surface area contributed by atoms with Crippen LogP contribution in [-0.2, 0) is 0 Å². The van der Waals surface area contributed by atoms with Crippen molar-refractivity contribution in [2.45, 2.75) is 60.8 Å². The number of thioether (sulfide) groups is 1. The Labute approximate surface area is 202 Å². The van der Waals surface area contributed by atoms with E-state index >= 15 is 0 Å². The van der Waals surface area contributed by atoms with Gasteiger partial charge in [-0.1, -0.05) is 47.3 Å². The van der Waals surface area contributed by atoms with E-state index in [-0.39, 0.29) is 41.5 Å². The number of nitrogens with zero attached hydrogens (tertiary/aromatic N) is 5. The molecule has 0 aliphatic heterocycles. The van der Waals surface area contributed by atoms with Gasteiger partial charge in [-0.3, -0.25) is 0 Å². The Kier molecular flexibility index (Phi) is 6.59. The van der Waals surface area contributed by atoms with Crippen molar-refractivity contribution in [3.63, 3.8) is 0 Å². The van der Waals surface area contributed by atoms with Crippen LogP contribution in [0.5, 0.6) is 0 Å². The van der Waals surface area contributed by atoms with Crippen molar-refractivity contribution in [2.24, 2.45) is 5.92 Å². The maximum atomic E-state index is 12.7. The molecule has 6 atom stereocenters. The summed E-state index contributed by atoms with van der Waals surface area (Å²) >= 11 is 0.879. The van der Waals surface area contributed by atoms with Crippen molar-refractivity contribution < 1.29 is 28.5 Å². The number of nitrogens with one attached hydrogen (secondary N) is 1. The quantitative estimate of drug-likeness (QED) is 0.267. The van der Waals surface area contributed by atoms with Crippen molar-refractivity contribution in [1.82, 2.24) is 25.0 Å². The van der Waals surface area contributed by atoms with Crippen molar-refractivity contribution in [3.05, 3.63) is 35.9 Å². The molecule has 2 saturated carbocycles. The number of anilines is 1. The Morgan fingerprint density at radius 1 is 1.09 bits per heavy atom. The Morgan fingerprint density at radius 3 is 2.54 bits per heavy atom. The second kappa shape index (κ2) is 9.52. The first kappa shape index (κ1) is 24.2. The van der Waals surface area contributed by atoms with Crippen LogP contribution in [0.1, 0.15) is 36.8 Å². The summed E-state index contributed by atoms with van der Waals surface area (Å²) in [6.45, 7) is -0.301. The Balaban J connectivity index is 1.45. The fraction of sp³-hybridized carbons (Fsp3) is 0.545. The number of hydrogen-bond donors (Lipinski definition) is 4. The van der Waals surface area contributed by atoms with Crippen molar-refractivity contribution in [3.8, 4) is 0 Å². The standard InChI is InChI=1S/C22H25F3N6O3S/c23-22(24,25)6-7-35-21-27-19(26-14-9-13(14)11-4-2-1-3-5-11)16-20(28-21)31(30-29-16)15-8-12(10-32)17(33)18(15)34/h1-5,12-15,17-18,32-34H,6-10H2,(H,26,27,28). The van der Waals surface area contributed by atoms with Gasteiger partial charge in [-0.2, -0.15) is 13.2 Å². The molecule has 1 aromatic carbocycles. The number of halogens is 3. The molecule has 2 fully saturated rings. The van der Waals surface area contributed by atoms with Crippen LogP contribution in [0.2, 0.25) is 0 Å². The van der Waals surface area contributed by atoms with E-state index in [1.54, 1.807) is 0 Å². The molecule has 0 amide bonds. The molecule has 6 unspecified atom stereocenters. The van der Waals surface area contributed by atoms with Crippen molar-refractivity contribution >= 4 is 28.7 Å². The van der Waals surface area contributed by atoms with E-state index in [0.717, 1.165) is 18.2 Å². The van der Waals surface area contributed by atoms with E-state index in [1.807, 2.05) is 30.3 Å². The van der Waals surface area contributed by atoms with E-state index in [0.29, 0.717) is 11.3 Å². The summed E-state index contributed by atoms with van der Waals surface area (Å²) in [5.41, 5.74) is 1.76. The van der Waals surface area contributed by atoms with Gasteiger partial charge < -0.3 is 20.6 Å². The maximum absolute atomic E-state index is 12.7. The Hall–Kier alpha value is -2.48. The van der Waals surface area contributed by atoms with Gasteiger partial charge in [0, 0.05) is 30.2 Å². The first-order chi connectivity index (χ1) is 16.7. The molecule has 2 aromatic heterocycles. The second-order valence-corrected chi connectivity index (χ2v) is 10.1. The third-order valence-electron chi connectivity index (χ3n) is 6.58. The highest BCUT2D eigenvalue weighted by atomic mass is 32.2. The highest BCUT2D eigenvalue weighted by Crippen LogP contribution is 2.43. The highest BCUT2D eigenvalue weighted by molar-refractivity contribution is 7.99. The number of hydrogen-bond acceptors (Lipinski definition) is 9. The van der Waals surface area contributed by atoms with Crippen LogP contribution in [0, 0.1) is 5.92 Å². The lowest BCUT2D eigenvalue weighted by Crippen LogP contribution is -2.30. The van der Waals surface area contributed by atoms with Crippen LogP contribution in [0.4, 0.5) is 19.0 Å². The van der Waals surface area contributed by atoms with Crippen molar-refractivity contribution in [2.75, 3.05) is 17.7 Å². The molecule has 9 nitrogen and oxygen atoms in total. The number of fused-ring (bicyclic) bond motifs is 1. The minimum atomic E-state index is -4.29. The maximum Gasteiger partial charge on any atom is 0.389 e. The number of aromatic nitrogens is 5. The molecule has 0 saturated heterocycles. The van der Waals surface area contributed by atoms with Gasteiger partial charge in [0.05, 0.1) is 18.6 Å². The average molecular weight is 511 g/mol. The summed E-state index contributed by atoms with van der Waals surface area (Å²) < 4.78 is 39.4. The van der Waals surface area contributed by atoms with Gasteiger partial charge in [0.25, 0.3) is 0 Å². The van der Waals surface area contributed by atoms with E-state index < -0.39 is 36.8 Å². The average Bonchev–Trinajstić information content (AvgIpc) is 3.37. The monoisotopic (exact) mass is 510 g/mol. The zero-order valence-electron chi connectivity index (χ0n) is 18.5. The van der Waals surface area contributed by atoms with E-state index in [2.05, 4.69) is 25.6 Å². The summed E-state index contributed by atoms with van der Waals surface area (Å²) in [7, 11) is 0. The van der Waals surface area contributed by atoms with Gasteiger partial charge in [-0.25, -0.2) is 14.6 Å². The molecule has 2 aliphatic carbocycles. The zero-order chi connectivity index (χ0) is 24.7. The molecule has 0 bridgehead atoms. The molecule has 13 heteroatoms. The molecular weight excluding hydrogens is 485 g/mol. The summed E-state index contributed by atoms with van der Waals surface area (Å²) in [6.07, 6.45) is -6.49. The molecule has 4 N–H and O–H groups in total. The lowest BCUT2D eigenvalue weighted by Gasteiger charge is -2.17. The number of rotatable bonds is 8. The molecular formula is C22H25F3N6O3S. The van der Waals surface area contributed by atoms with Gasteiger partial charge >= 0.3 is 6.18 Å². The first-order valence-electron chi connectivity index (χ1n) is 11.4. The van der Waals surface area contributed by atoms with E-state index in [1.165, 1.54) is 10.2 Å². The molecule has 3 aromatic rings. The lowest BCUT2D eigenvalue weighted by atomic mass is 10.1. The third-order valence-corrected chi connectivity index (χ3v) is 7.43. The van der Waals surface area contributed by atoms with Crippen molar-refractivity contribution in [1.29, 1.82) is 0 Å². The number of benzene rings is 1. The summed E-state index contributed by atoms with van der Waals surface area (Å²) in [4.78, 5) is 8.84. The smallest absolute Gasteiger partial charge is 0.389 e. The highest BCUT2D eigenvalue weighted by Gasteiger charge is 2.44. The molecule has 0 radical (unpaired) electrons. The minimum absolute atomic E-state index is 0.0753. The molecule has 2 heterocycles. The fourth-order valence-electron chi connectivity index (χ4n) is 4.58. The van der Waals surface area contributed by atoms with Crippen LogP contribution >= 0.6 is 11.8 Å². The van der Waals surface area contributed by atoms with Crippen LogP contribution in [-0.4, -0.2) is 77.1 Å². The molecule has 5 rings (SSSR count). The molecule has 0 spiro atoms. The first-order valence-corrected chi connectivity index (χ1v) is 12.3. The minimum Gasteiger partial charge on any atom is -0.396 e. The van der Waals surface area contributed by atoms with Crippen LogP contribution < -0.4 is 5.32 Å². The van der Waals surface area contributed by atoms with E-state index in [9.17, 15) is 28.5 Å². The normalized spacial score (nSPS) is 28.5. The van der Waals surface area contributed by atoms with Gasteiger partial charge in [0.1, 0.15) is 6.10 Å². The van der Waals surface area contributed by atoms with Gasteiger partial charge in [-0.05, 0) is 18.4 Å². The lowest BCUT2D eigenvalue weighted by molar-refractivity contribution is -0.129. The largest absolute Gasteiger partial charge is 0.396 e. The predicted octanol–water partition coefficient (Wildman–Crippen LogP) is 2.51.